The van der Waals surface area contributed by atoms with Gasteiger partial charge in [0.25, 0.3) is 0 Å². The van der Waals surface area contributed by atoms with E-state index in [-0.39, 0.29) is 0 Å². The van der Waals surface area contributed by atoms with E-state index in [4.69, 9.17) is 14.1 Å². The number of hydrogen-bond donors (Lipinski definition) is 1. The maximum Gasteiger partial charge on any atom is 0.194 e. The van der Waals surface area contributed by atoms with E-state index < -0.39 is 0 Å². The van der Waals surface area contributed by atoms with Crippen LogP contribution >= 0.6 is 0 Å². The molecule has 2 saturated heterocycles. The Balaban J connectivity index is 1.48. The third kappa shape index (κ3) is 5.75. The molecule has 6 heteroatoms. The SMILES string of the molecule is COCCN=C(NCCc1ccco1)N1CCC(CN2CCCC2)C1. The standard InChI is InChI=1S/C19H32N4O2/c1-24-14-9-21-19(20-8-6-18-5-4-13-25-18)23-12-7-17(16-23)15-22-10-2-3-11-22/h4-5,13,17H,2-3,6-12,14-16H2,1H3,(H,20,21). The predicted octanol–water partition coefficient (Wildman–Crippen LogP) is 1.83. The van der Waals surface area contributed by atoms with Crippen LogP contribution in [0.3, 0.4) is 0 Å². The summed E-state index contributed by atoms with van der Waals surface area (Å²) in [7, 11) is 1.72. The van der Waals surface area contributed by atoms with Crippen LogP contribution in [-0.4, -0.2) is 75.3 Å². The van der Waals surface area contributed by atoms with Gasteiger partial charge in [-0.3, -0.25) is 4.99 Å². The molecule has 1 aromatic rings. The highest BCUT2D eigenvalue weighted by Crippen LogP contribution is 2.20. The second kappa shape index (κ2) is 9.82. The summed E-state index contributed by atoms with van der Waals surface area (Å²) in [5, 5.41) is 3.52. The van der Waals surface area contributed by atoms with E-state index in [2.05, 4.69) is 15.1 Å². The number of likely N-dealkylation sites (tertiary alicyclic amines) is 2. The summed E-state index contributed by atoms with van der Waals surface area (Å²) >= 11 is 0. The Morgan fingerprint density at radius 2 is 2.24 bits per heavy atom. The van der Waals surface area contributed by atoms with Crippen molar-refractivity contribution >= 4 is 5.96 Å². The lowest BCUT2D eigenvalue weighted by molar-refractivity contribution is 0.207. The summed E-state index contributed by atoms with van der Waals surface area (Å²) in [6, 6.07) is 3.96. The van der Waals surface area contributed by atoms with Crippen molar-refractivity contribution in [2.45, 2.75) is 25.7 Å². The first-order valence-corrected chi connectivity index (χ1v) is 9.62. The Hall–Kier alpha value is -1.53. The molecule has 0 spiro atoms. The summed E-state index contributed by atoms with van der Waals surface area (Å²) in [6.45, 7) is 8.22. The van der Waals surface area contributed by atoms with Gasteiger partial charge in [0.1, 0.15) is 5.76 Å². The van der Waals surface area contributed by atoms with Crippen molar-refractivity contribution in [1.29, 1.82) is 0 Å². The molecule has 0 bridgehead atoms. The first-order chi connectivity index (χ1) is 12.3. The number of rotatable bonds is 8. The lowest BCUT2D eigenvalue weighted by Crippen LogP contribution is -2.41. The number of furan rings is 1. The van der Waals surface area contributed by atoms with E-state index in [1.807, 2.05) is 12.1 Å². The smallest absolute Gasteiger partial charge is 0.194 e. The molecule has 3 rings (SSSR count). The van der Waals surface area contributed by atoms with Gasteiger partial charge in [0.05, 0.1) is 19.4 Å². The Morgan fingerprint density at radius 3 is 3.00 bits per heavy atom. The van der Waals surface area contributed by atoms with Gasteiger partial charge in [-0.2, -0.15) is 0 Å². The van der Waals surface area contributed by atoms with Crippen molar-refractivity contribution in [3.8, 4) is 0 Å². The van der Waals surface area contributed by atoms with Crippen molar-refractivity contribution < 1.29 is 9.15 Å². The zero-order valence-electron chi connectivity index (χ0n) is 15.5. The van der Waals surface area contributed by atoms with Crippen LogP contribution in [0.4, 0.5) is 0 Å². The minimum absolute atomic E-state index is 0.661. The summed E-state index contributed by atoms with van der Waals surface area (Å²) in [5.74, 6) is 2.79. The van der Waals surface area contributed by atoms with Crippen LogP contribution in [0.5, 0.6) is 0 Å². The molecule has 3 heterocycles. The fourth-order valence-corrected chi connectivity index (χ4v) is 3.77. The topological polar surface area (TPSA) is 53.2 Å². The predicted molar refractivity (Wildman–Crippen MR) is 99.9 cm³/mol. The van der Waals surface area contributed by atoms with Gasteiger partial charge in [0.2, 0.25) is 0 Å². The maximum atomic E-state index is 5.41. The van der Waals surface area contributed by atoms with Gasteiger partial charge in [0, 0.05) is 39.7 Å². The molecule has 2 aliphatic heterocycles. The highest BCUT2D eigenvalue weighted by molar-refractivity contribution is 5.80. The quantitative estimate of drug-likeness (QED) is 0.441. The number of nitrogens with one attached hydrogen (secondary N) is 1. The molecular weight excluding hydrogens is 316 g/mol. The normalized spacial score (nSPS) is 22.0. The largest absolute Gasteiger partial charge is 0.469 e. The number of methoxy groups -OCH3 is 1. The van der Waals surface area contributed by atoms with E-state index in [1.165, 1.54) is 38.9 Å². The van der Waals surface area contributed by atoms with Gasteiger partial charge in [-0.25, -0.2) is 0 Å². The highest BCUT2D eigenvalue weighted by atomic mass is 16.5. The summed E-state index contributed by atoms with van der Waals surface area (Å²) in [4.78, 5) is 9.78. The summed E-state index contributed by atoms with van der Waals surface area (Å²) in [5.41, 5.74) is 0. The first-order valence-electron chi connectivity index (χ1n) is 9.62. The molecule has 2 fully saturated rings. The van der Waals surface area contributed by atoms with Gasteiger partial charge < -0.3 is 24.3 Å². The number of nitrogens with zero attached hydrogens (tertiary/aromatic N) is 3. The maximum absolute atomic E-state index is 5.41. The minimum Gasteiger partial charge on any atom is -0.469 e. The fourth-order valence-electron chi connectivity index (χ4n) is 3.77. The van der Waals surface area contributed by atoms with E-state index in [9.17, 15) is 0 Å². The zero-order valence-corrected chi connectivity index (χ0v) is 15.5. The summed E-state index contributed by atoms with van der Waals surface area (Å²) < 4.78 is 10.6. The summed E-state index contributed by atoms with van der Waals surface area (Å²) in [6.07, 6.45) is 6.61. The Bertz CT molecular complexity index is 512. The van der Waals surface area contributed by atoms with Gasteiger partial charge in [-0.05, 0) is 50.4 Å². The molecule has 1 aromatic heterocycles. The Labute approximate surface area is 151 Å². The van der Waals surface area contributed by atoms with E-state index in [0.717, 1.165) is 43.7 Å². The van der Waals surface area contributed by atoms with Crippen LogP contribution in [0.1, 0.15) is 25.0 Å². The molecule has 2 aliphatic rings. The van der Waals surface area contributed by atoms with E-state index in [1.54, 1.807) is 13.4 Å². The third-order valence-corrected chi connectivity index (χ3v) is 5.09. The number of hydrogen-bond acceptors (Lipinski definition) is 4. The van der Waals surface area contributed by atoms with Crippen molar-refractivity contribution in [3.05, 3.63) is 24.2 Å². The third-order valence-electron chi connectivity index (χ3n) is 5.09. The molecule has 1 atom stereocenters. The molecule has 1 unspecified atom stereocenters. The molecule has 140 valence electrons. The average molecular weight is 348 g/mol. The fraction of sp³-hybridized carbons (Fsp3) is 0.737. The lowest BCUT2D eigenvalue weighted by atomic mass is 10.1. The molecule has 0 aromatic carbocycles. The Morgan fingerprint density at radius 1 is 1.36 bits per heavy atom. The first kappa shape index (κ1) is 18.3. The zero-order chi connectivity index (χ0) is 17.3. The van der Waals surface area contributed by atoms with Crippen LogP contribution in [0.15, 0.2) is 27.8 Å². The van der Waals surface area contributed by atoms with Crippen LogP contribution in [0.25, 0.3) is 0 Å². The van der Waals surface area contributed by atoms with Crippen LogP contribution < -0.4 is 5.32 Å². The molecule has 0 saturated carbocycles. The van der Waals surface area contributed by atoms with E-state index in [0.29, 0.717) is 13.2 Å². The molecule has 0 radical (unpaired) electrons. The molecule has 0 aliphatic carbocycles. The number of ether oxygens (including phenoxy) is 1. The van der Waals surface area contributed by atoms with Crippen LogP contribution in [0.2, 0.25) is 0 Å². The molecule has 25 heavy (non-hydrogen) atoms. The van der Waals surface area contributed by atoms with Crippen LogP contribution in [-0.2, 0) is 11.2 Å². The number of aliphatic imine (C=N–C) groups is 1. The van der Waals surface area contributed by atoms with Crippen molar-refractivity contribution in [1.82, 2.24) is 15.1 Å². The monoisotopic (exact) mass is 348 g/mol. The second-order valence-corrected chi connectivity index (χ2v) is 7.06. The molecule has 1 N–H and O–H groups in total. The second-order valence-electron chi connectivity index (χ2n) is 7.06. The lowest BCUT2D eigenvalue weighted by Gasteiger charge is -2.23. The van der Waals surface area contributed by atoms with Crippen molar-refractivity contribution in [3.63, 3.8) is 0 Å². The average Bonchev–Trinajstić information content (AvgIpc) is 3.37. The highest BCUT2D eigenvalue weighted by Gasteiger charge is 2.27. The van der Waals surface area contributed by atoms with Gasteiger partial charge in [-0.1, -0.05) is 0 Å². The minimum atomic E-state index is 0.661. The van der Waals surface area contributed by atoms with Gasteiger partial charge >= 0.3 is 0 Å². The Kier molecular flexibility index (Phi) is 7.18. The molecular formula is C19H32N4O2. The van der Waals surface area contributed by atoms with Crippen molar-refractivity contribution in [2.75, 3.05) is 59.5 Å². The van der Waals surface area contributed by atoms with Crippen molar-refractivity contribution in [2.24, 2.45) is 10.9 Å². The van der Waals surface area contributed by atoms with Crippen LogP contribution in [0, 0.1) is 5.92 Å². The molecule has 0 amide bonds. The van der Waals surface area contributed by atoms with E-state index >= 15 is 0 Å². The molecule has 6 nitrogen and oxygen atoms in total. The number of guanidine groups is 1. The van der Waals surface area contributed by atoms with Gasteiger partial charge in [0.15, 0.2) is 5.96 Å². The van der Waals surface area contributed by atoms with Gasteiger partial charge in [-0.15, -0.1) is 0 Å².